The zero-order valence-corrected chi connectivity index (χ0v) is 8.63. The predicted octanol–water partition coefficient (Wildman–Crippen LogP) is 1.26. The molecule has 0 bridgehead atoms. The fraction of sp³-hybridized carbons (Fsp3) is 0.222. The van der Waals surface area contributed by atoms with Gasteiger partial charge in [0, 0.05) is 0 Å². The Morgan fingerprint density at radius 2 is 2.07 bits per heavy atom. The Balaban J connectivity index is 3.48. The molecule has 1 rings (SSSR count). The van der Waals surface area contributed by atoms with Gasteiger partial charge >= 0.3 is 0 Å². The summed E-state index contributed by atoms with van der Waals surface area (Å²) in [6.45, 7) is 1.75. The summed E-state index contributed by atoms with van der Waals surface area (Å²) in [5.74, 6) is 0.192. The van der Waals surface area contributed by atoms with Crippen LogP contribution in [0.5, 0.6) is 5.75 Å². The van der Waals surface area contributed by atoms with E-state index in [1.54, 1.807) is 13.0 Å². The molecular formula is C9H9NO3S. The van der Waals surface area contributed by atoms with Crippen LogP contribution in [0.1, 0.15) is 5.56 Å². The predicted molar refractivity (Wildman–Crippen MR) is 50.5 cm³/mol. The Labute approximate surface area is 82.7 Å². The molecule has 0 aromatic heterocycles. The third kappa shape index (κ3) is 1.86. The molecule has 0 unspecified atom stereocenters. The van der Waals surface area contributed by atoms with E-state index >= 15 is 0 Å². The normalized spacial score (nSPS) is 10.6. The molecule has 4 nitrogen and oxygen atoms in total. The molecule has 0 amide bonds. The summed E-state index contributed by atoms with van der Waals surface area (Å²) in [4.78, 5) is -0.0810. The zero-order chi connectivity index (χ0) is 10.8. The molecule has 0 radical (unpaired) electrons. The number of hydrogen-bond donors (Lipinski definition) is 0. The number of nitriles is 1. The topological polar surface area (TPSA) is 67.2 Å². The van der Waals surface area contributed by atoms with Gasteiger partial charge in [-0.3, -0.25) is 0 Å². The Morgan fingerprint density at radius 1 is 1.43 bits per heavy atom. The minimum Gasteiger partial charge on any atom is -0.495 e. The molecule has 0 aliphatic rings. The molecule has 0 N–H and O–H groups in total. The molecule has 0 saturated heterocycles. The largest absolute Gasteiger partial charge is 0.495 e. The highest BCUT2D eigenvalue weighted by atomic mass is 32.2. The summed E-state index contributed by atoms with van der Waals surface area (Å²) < 4.78 is 27.4. The first-order valence-electron chi connectivity index (χ1n) is 3.82. The number of ether oxygens (including phenoxy) is 1. The minimum atomic E-state index is -3.88. The van der Waals surface area contributed by atoms with Gasteiger partial charge in [-0.2, -0.15) is 5.26 Å². The van der Waals surface area contributed by atoms with E-state index in [1.165, 1.54) is 24.6 Å². The fourth-order valence-corrected chi connectivity index (χ4v) is 1.90. The maximum atomic E-state index is 11.3. The summed E-state index contributed by atoms with van der Waals surface area (Å²) in [6, 6.07) is 4.66. The van der Waals surface area contributed by atoms with E-state index in [1.807, 2.05) is 0 Å². The van der Waals surface area contributed by atoms with Crippen molar-refractivity contribution >= 4 is 9.84 Å². The summed E-state index contributed by atoms with van der Waals surface area (Å²) in [5.41, 5.74) is 0.764. The summed E-state index contributed by atoms with van der Waals surface area (Å²) >= 11 is 0. The van der Waals surface area contributed by atoms with E-state index in [9.17, 15) is 8.42 Å². The highest BCUT2D eigenvalue weighted by Crippen LogP contribution is 2.24. The van der Waals surface area contributed by atoms with Crippen LogP contribution in [0.25, 0.3) is 0 Å². The molecule has 0 spiro atoms. The van der Waals surface area contributed by atoms with Gasteiger partial charge in [0.05, 0.1) is 7.11 Å². The van der Waals surface area contributed by atoms with Gasteiger partial charge in [-0.1, -0.05) is 6.07 Å². The maximum Gasteiger partial charge on any atom is 0.273 e. The molecule has 0 aliphatic heterocycles. The third-order valence-corrected chi connectivity index (χ3v) is 2.87. The molecule has 0 fully saturated rings. The Morgan fingerprint density at radius 3 is 2.57 bits per heavy atom. The van der Waals surface area contributed by atoms with Crippen LogP contribution in [0, 0.1) is 17.6 Å². The second kappa shape index (κ2) is 3.68. The van der Waals surface area contributed by atoms with Crippen LogP contribution >= 0.6 is 0 Å². The van der Waals surface area contributed by atoms with Gasteiger partial charge in [-0.15, -0.1) is 0 Å². The van der Waals surface area contributed by atoms with Crippen LogP contribution < -0.4 is 4.74 Å². The third-order valence-electron chi connectivity index (χ3n) is 1.73. The van der Waals surface area contributed by atoms with Crippen LogP contribution in [0.15, 0.2) is 23.1 Å². The van der Waals surface area contributed by atoms with Crippen molar-refractivity contribution in [2.45, 2.75) is 11.8 Å². The van der Waals surface area contributed by atoms with Crippen LogP contribution in [-0.2, 0) is 9.84 Å². The van der Waals surface area contributed by atoms with E-state index in [-0.39, 0.29) is 10.6 Å². The number of benzene rings is 1. The van der Waals surface area contributed by atoms with E-state index in [2.05, 4.69) is 0 Å². The number of aryl methyl sites for hydroxylation is 1. The second-order valence-electron chi connectivity index (χ2n) is 2.75. The van der Waals surface area contributed by atoms with Crippen molar-refractivity contribution in [1.82, 2.24) is 0 Å². The first-order valence-corrected chi connectivity index (χ1v) is 5.30. The average Bonchev–Trinajstić information content (AvgIpc) is 2.18. The van der Waals surface area contributed by atoms with Crippen LogP contribution in [-0.4, -0.2) is 15.5 Å². The van der Waals surface area contributed by atoms with Crippen molar-refractivity contribution in [2.24, 2.45) is 0 Å². The highest BCUT2D eigenvalue weighted by molar-refractivity contribution is 7.96. The van der Waals surface area contributed by atoms with Crippen LogP contribution in [0.4, 0.5) is 0 Å². The van der Waals surface area contributed by atoms with Gasteiger partial charge in [-0.05, 0) is 24.6 Å². The second-order valence-corrected chi connectivity index (χ2v) is 4.38. The molecule has 74 valence electrons. The number of thiocyanates is 1. The molecule has 1 aromatic carbocycles. The molecular weight excluding hydrogens is 202 g/mol. The van der Waals surface area contributed by atoms with Crippen molar-refractivity contribution in [3.05, 3.63) is 23.8 Å². The monoisotopic (exact) mass is 211 g/mol. The average molecular weight is 211 g/mol. The smallest absolute Gasteiger partial charge is 0.273 e. The van der Waals surface area contributed by atoms with E-state index in [4.69, 9.17) is 10.00 Å². The molecule has 0 heterocycles. The summed E-state index contributed by atoms with van der Waals surface area (Å²) in [6.07, 6.45) is 0. The number of methoxy groups -OCH3 is 1. The van der Waals surface area contributed by atoms with Crippen molar-refractivity contribution in [3.63, 3.8) is 0 Å². The van der Waals surface area contributed by atoms with Crippen molar-refractivity contribution in [2.75, 3.05) is 7.11 Å². The van der Waals surface area contributed by atoms with Gasteiger partial charge in [0.2, 0.25) is 0 Å². The van der Waals surface area contributed by atoms with Crippen molar-refractivity contribution in [1.29, 1.82) is 5.26 Å². The molecule has 0 saturated carbocycles. The summed E-state index contributed by atoms with van der Waals surface area (Å²) in [7, 11) is -2.52. The lowest BCUT2D eigenvalue weighted by atomic mass is 10.2. The number of nitrogens with zero attached hydrogens (tertiary/aromatic N) is 1. The van der Waals surface area contributed by atoms with E-state index in [0.29, 0.717) is 0 Å². The summed E-state index contributed by atoms with van der Waals surface area (Å²) in [5, 5.41) is 9.72. The van der Waals surface area contributed by atoms with Crippen LogP contribution in [0.2, 0.25) is 0 Å². The Hall–Kier alpha value is -1.54. The fourth-order valence-electron chi connectivity index (χ4n) is 1.04. The van der Waals surface area contributed by atoms with Crippen LogP contribution in [0.3, 0.4) is 0 Å². The van der Waals surface area contributed by atoms with Crippen molar-refractivity contribution in [3.8, 4) is 11.2 Å². The van der Waals surface area contributed by atoms with E-state index in [0.717, 1.165) is 5.56 Å². The lowest BCUT2D eigenvalue weighted by Gasteiger charge is -2.05. The number of hydrogen-bond acceptors (Lipinski definition) is 4. The maximum absolute atomic E-state index is 11.3. The zero-order valence-electron chi connectivity index (χ0n) is 7.81. The standard InChI is InChI=1S/C9H9NO3S/c1-7-3-4-8(13-2)9(5-7)14(11,12)6-10/h3-5H,1-2H3. The molecule has 0 atom stereocenters. The Bertz CT molecular complexity index is 485. The van der Waals surface area contributed by atoms with Gasteiger partial charge < -0.3 is 4.74 Å². The number of sulfone groups is 1. The molecule has 14 heavy (non-hydrogen) atoms. The first-order chi connectivity index (χ1) is 6.51. The van der Waals surface area contributed by atoms with Gasteiger partial charge in [0.25, 0.3) is 9.84 Å². The van der Waals surface area contributed by atoms with Gasteiger partial charge in [0.15, 0.2) is 5.40 Å². The van der Waals surface area contributed by atoms with E-state index < -0.39 is 9.84 Å². The Kier molecular flexibility index (Phi) is 2.77. The highest BCUT2D eigenvalue weighted by Gasteiger charge is 2.18. The lowest BCUT2D eigenvalue weighted by molar-refractivity contribution is 0.403. The minimum absolute atomic E-state index is 0.0810. The lowest BCUT2D eigenvalue weighted by Crippen LogP contribution is -2.00. The van der Waals surface area contributed by atoms with Crippen molar-refractivity contribution < 1.29 is 13.2 Å². The molecule has 0 aliphatic carbocycles. The quantitative estimate of drug-likeness (QED) is 0.545. The molecule has 1 aromatic rings. The molecule has 5 heteroatoms. The van der Waals surface area contributed by atoms with Gasteiger partial charge in [-0.25, -0.2) is 8.42 Å². The SMILES string of the molecule is COc1ccc(C)cc1S(=O)(=O)C#N. The number of rotatable bonds is 2. The van der Waals surface area contributed by atoms with Gasteiger partial charge in [0.1, 0.15) is 10.6 Å². The first kappa shape index (κ1) is 10.5.